The van der Waals surface area contributed by atoms with Crippen LogP contribution in [0.2, 0.25) is 5.02 Å². The normalized spacial score (nSPS) is 10.4. The lowest BCUT2D eigenvalue weighted by Gasteiger charge is -2.08. The average molecular weight is 386 g/mol. The van der Waals surface area contributed by atoms with Crippen LogP contribution in [0.3, 0.4) is 0 Å². The predicted octanol–water partition coefficient (Wildman–Crippen LogP) is 3.51. The Hall–Kier alpha value is -3.19. The molecule has 0 saturated carbocycles. The Bertz CT molecular complexity index is 931. The van der Waals surface area contributed by atoms with Gasteiger partial charge in [0.1, 0.15) is 19.0 Å². The quantitative estimate of drug-likeness (QED) is 0.512. The van der Waals surface area contributed by atoms with E-state index in [4.69, 9.17) is 21.1 Å². The van der Waals surface area contributed by atoms with Crippen LogP contribution >= 0.6 is 11.6 Å². The van der Waals surface area contributed by atoms with Gasteiger partial charge >= 0.3 is 12.0 Å². The largest absolute Gasteiger partial charge is 0.490 e. The summed E-state index contributed by atoms with van der Waals surface area (Å²) in [4.78, 5) is 23.1. The highest BCUT2D eigenvalue weighted by Gasteiger charge is 2.10. The molecule has 1 aromatic heterocycles. The van der Waals surface area contributed by atoms with E-state index >= 15 is 0 Å². The van der Waals surface area contributed by atoms with Gasteiger partial charge < -0.3 is 14.6 Å². The molecule has 8 heteroatoms. The van der Waals surface area contributed by atoms with E-state index in [9.17, 15) is 9.90 Å². The summed E-state index contributed by atoms with van der Waals surface area (Å²) in [6, 6.07) is 13.6. The molecule has 0 unspecified atom stereocenters. The summed E-state index contributed by atoms with van der Waals surface area (Å²) in [5.41, 5.74) is 1.40. The molecule has 1 N–H and O–H groups in total. The van der Waals surface area contributed by atoms with Crippen LogP contribution in [0.15, 0.2) is 48.5 Å². The van der Waals surface area contributed by atoms with Crippen molar-refractivity contribution >= 4 is 17.6 Å². The van der Waals surface area contributed by atoms with Gasteiger partial charge in [-0.15, -0.1) is 0 Å². The van der Waals surface area contributed by atoms with Crippen molar-refractivity contribution in [2.24, 2.45) is 0 Å². The van der Waals surface area contributed by atoms with Crippen molar-refractivity contribution < 1.29 is 19.4 Å². The zero-order valence-corrected chi connectivity index (χ0v) is 15.2. The minimum absolute atomic E-state index is 0.183. The topological polar surface area (TPSA) is 94.4 Å². The van der Waals surface area contributed by atoms with Crippen molar-refractivity contribution in [1.82, 2.24) is 15.0 Å². The SMILES string of the molecule is CC(=O)OCCOc1ccc(-c2nc(O)nc(-c3ccc(Cl)cc3)n2)cc1. The van der Waals surface area contributed by atoms with Crippen molar-refractivity contribution in [3.05, 3.63) is 53.6 Å². The lowest BCUT2D eigenvalue weighted by Crippen LogP contribution is -2.09. The van der Waals surface area contributed by atoms with Crippen LogP contribution in [-0.4, -0.2) is 39.2 Å². The van der Waals surface area contributed by atoms with Crippen molar-refractivity contribution in [1.29, 1.82) is 0 Å². The van der Waals surface area contributed by atoms with E-state index in [1.54, 1.807) is 48.5 Å². The van der Waals surface area contributed by atoms with Gasteiger partial charge in [0.2, 0.25) is 0 Å². The second-order valence-corrected chi connectivity index (χ2v) is 5.94. The number of carbonyl (C=O) groups excluding carboxylic acids is 1. The van der Waals surface area contributed by atoms with Gasteiger partial charge in [0.25, 0.3) is 0 Å². The predicted molar refractivity (Wildman–Crippen MR) is 99.5 cm³/mol. The second kappa shape index (κ2) is 8.46. The summed E-state index contributed by atoms with van der Waals surface area (Å²) >= 11 is 5.89. The van der Waals surface area contributed by atoms with Crippen LogP contribution in [0.5, 0.6) is 11.8 Å². The number of hydrogen-bond acceptors (Lipinski definition) is 7. The molecule has 2 aromatic carbocycles. The second-order valence-electron chi connectivity index (χ2n) is 5.50. The average Bonchev–Trinajstić information content (AvgIpc) is 2.66. The Morgan fingerprint density at radius 1 is 0.926 bits per heavy atom. The first-order chi connectivity index (χ1) is 13.0. The van der Waals surface area contributed by atoms with Crippen molar-refractivity contribution in [3.8, 4) is 34.5 Å². The van der Waals surface area contributed by atoms with E-state index in [-0.39, 0.29) is 25.2 Å². The zero-order chi connectivity index (χ0) is 19.2. The van der Waals surface area contributed by atoms with Gasteiger partial charge in [-0.25, -0.2) is 4.98 Å². The van der Waals surface area contributed by atoms with Crippen LogP contribution < -0.4 is 4.74 Å². The lowest BCUT2D eigenvalue weighted by atomic mass is 10.2. The number of nitrogens with zero attached hydrogens (tertiary/aromatic N) is 3. The Balaban J connectivity index is 1.76. The summed E-state index contributed by atoms with van der Waals surface area (Å²) in [5.74, 6) is 0.942. The monoisotopic (exact) mass is 385 g/mol. The Labute approximate surface area is 160 Å². The number of halogens is 1. The summed E-state index contributed by atoms with van der Waals surface area (Å²) in [5, 5.41) is 10.5. The molecule has 1 heterocycles. The first-order valence-electron chi connectivity index (χ1n) is 8.09. The number of benzene rings is 2. The maximum Gasteiger partial charge on any atom is 0.318 e. The van der Waals surface area contributed by atoms with Gasteiger partial charge in [0.05, 0.1) is 0 Å². The summed E-state index contributed by atoms with van der Waals surface area (Å²) in [6.45, 7) is 1.78. The number of carbonyl (C=O) groups is 1. The van der Waals surface area contributed by atoms with Gasteiger partial charge in [0, 0.05) is 23.1 Å². The van der Waals surface area contributed by atoms with Crippen LogP contribution in [0, 0.1) is 0 Å². The molecule has 0 radical (unpaired) electrons. The maximum atomic E-state index is 10.7. The first kappa shape index (κ1) is 18.6. The third kappa shape index (κ3) is 5.15. The van der Waals surface area contributed by atoms with E-state index in [0.29, 0.717) is 33.5 Å². The van der Waals surface area contributed by atoms with E-state index in [0.717, 1.165) is 0 Å². The number of aromatic hydroxyl groups is 1. The molecule has 0 bridgehead atoms. The summed E-state index contributed by atoms with van der Waals surface area (Å²) < 4.78 is 10.3. The third-order valence-corrected chi connectivity index (χ3v) is 3.75. The van der Waals surface area contributed by atoms with Crippen LogP contribution in [-0.2, 0) is 9.53 Å². The standard InChI is InChI=1S/C19H16ClN3O4/c1-12(24)26-10-11-27-16-8-4-14(5-9-16)18-21-17(22-19(25)23-18)13-2-6-15(20)7-3-13/h2-9H,10-11H2,1H3,(H,21,22,23,25). The fourth-order valence-electron chi connectivity index (χ4n) is 2.27. The summed E-state index contributed by atoms with van der Waals surface area (Å²) in [6.07, 6.45) is 0. The number of hydrogen-bond donors (Lipinski definition) is 1. The van der Waals surface area contributed by atoms with E-state index in [1.165, 1.54) is 6.92 Å². The molecule has 0 aliphatic rings. The fraction of sp³-hybridized carbons (Fsp3) is 0.158. The van der Waals surface area contributed by atoms with E-state index in [1.807, 2.05) is 0 Å². The molecule has 0 atom stereocenters. The van der Waals surface area contributed by atoms with E-state index in [2.05, 4.69) is 15.0 Å². The Morgan fingerprint density at radius 3 is 2.04 bits per heavy atom. The zero-order valence-electron chi connectivity index (χ0n) is 14.4. The molecule has 27 heavy (non-hydrogen) atoms. The lowest BCUT2D eigenvalue weighted by molar-refractivity contribution is -0.141. The minimum Gasteiger partial charge on any atom is -0.490 e. The Morgan fingerprint density at radius 2 is 1.48 bits per heavy atom. The molecule has 3 rings (SSSR count). The van der Waals surface area contributed by atoms with Gasteiger partial charge in [-0.05, 0) is 48.5 Å². The van der Waals surface area contributed by atoms with Crippen LogP contribution in [0.1, 0.15) is 6.92 Å². The van der Waals surface area contributed by atoms with E-state index < -0.39 is 0 Å². The number of rotatable bonds is 6. The molecule has 7 nitrogen and oxygen atoms in total. The van der Waals surface area contributed by atoms with Crippen LogP contribution in [0.25, 0.3) is 22.8 Å². The van der Waals surface area contributed by atoms with Crippen molar-refractivity contribution in [2.75, 3.05) is 13.2 Å². The number of ether oxygens (including phenoxy) is 2. The van der Waals surface area contributed by atoms with Gasteiger partial charge in [-0.1, -0.05) is 11.6 Å². The van der Waals surface area contributed by atoms with Gasteiger partial charge in [-0.2, -0.15) is 9.97 Å². The molecule has 0 aliphatic heterocycles. The highest BCUT2D eigenvalue weighted by molar-refractivity contribution is 6.30. The van der Waals surface area contributed by atoms with Gasteiger partial charge in [-0.3, -0.25) is 4.79 Å². The molecule has 138 valence electrons. The molecule has 0 fully saturated rings. The van der Waals surface area contributed by atoms with Crippen LogP contribution in [0.4, 0.5) is 0 Å². The van der Waals surface area contributed by atoms with Gasteiger partial charge in [0.15, 0.2) is 11.6 Å². The summed E-state index contributed by atoms with van der Waals surface area (Å²) in [7, 11) is 0. The molecular weight excluding hydrogens is 370 g/mol. The third-order valence-electron chi connectivity index (χ3n) is 3.50. The smallest absolute Gasteiger partial charge is 0.318 e. The highest BCUT2D eigenvalue weighted by Crippen LogP contribution is 2.24. The van der Waals surface area contributed by atoms with Crippen molar-refractivity contribution in [3.63, 3.8) is 0 Å². The Kier molecular flexibility index (Phi) is 5.83. The molecule has 3 aromatic rings. The molecule has 0 amide bonds. The number of aromatic nitrogens is 3. The first-order valence-corrected chi connectivity index (χ1v) is 8.46. The minimum atomic E-state index is -0.369. The number of esters is 1. The molecule has 0 spiro atoms. The van der Waals surface area contributed by atoms with Crippen molar-refractivity contribution in [2.45, 2.75) is 6.92 Å². The fourth-order valence-corrected chi connectivity index (χ4v) is 2.39. The maximum absolute atomic E-state index is 10.7. The molecular formula is C19H16ClN3O4. The molecule has 0 saturated heterocycles. The molecule has 0 aliphatic carbocycles. The highest BCUT2D eigenvalue weighted by atomic mass is 35.5.